The third-order valence-corrected chi connectivity index (χ3v) is 4.62. The molecule has 4 aromatic rings. The Hall–Kier alpha value is -2.66. The van der Waals surface area contributed by atoms with Gasteiger partial charge >= 0.3 is 0 Å². The van der Waals surface area contributed by atoms with Crippen LogP contribution in [0.15, 0.2) is 75.6 Å². The fraction of sp³-hybridized carbons (Fsp3) is 0.100. The lowest BCUT2D eigenvalue weighted by atomic mass is 10.1. The molecule has 0 aliphatic carbocycles. The highest BCUT2D eigenvalue weighted by Gasteiger charge is 2.17. The van der Waals surface area contributed by atoms with Crippen LogP contribution in [0.4, 0.5) is 0 Å². The largest absolute Gasteiger partial charge is 0.481 e. The molecule has 0 aliphatic heterocycles. The summed E-state index contributed by atoms with van der Waals surface area (Å²) in [6.45, 7) is 1.90. The number of benzene rings is 3. The molecule has 0 aliphatic rings. The summed E-state index contributed by atoms with van der Waals surface area (Å²) in [6, 6.07) is 21.9. The number of ether oxygens (including phenoxy) is 1. The van der Waals surface area contributed by atoms with Crippen molar-refractivity contribution in [2.24, 2.45) is 0 Å². The number of halogens is 1. The highest BCUT2D eigenvalue weighted by Crippen LogP contribution is 2.29. The van der Waals surface area contributed by atoms with Crippen molar-refractivity contribution in [3.8, 4) is 17.2 Å². The molecule has 0 spiro atoms. The molecular formula is C20H15BrN2O2. The lowest BCUT2D eigenvalue weighted by molar-refractivity contribution is 0.190. The molecule has 1 heterocycles. The molecule has 0 saturated heterocycles. The second-order valence-electron chi connectivity index (χ2n) is 5.69. The van der Waals surface area contributed by atoms with Crippen molar-refractivity contribution in [3.63, 3.8) is 0 Å². The van der Waals surface area contributed by atoms with E-state index < -0.39 is 0 Å². The third-order valence-electron chi connectivity index (χ3n) is 3.93. The van der Waals surface area contributed by atoms with E-state index in [1.165, 1.54) is 5.39 Å². The third kappa shape index (κ3) is 3.28. The first-order valence-electron chi connectivity index (χ1n) is 7.94. The maximum absolute atomic E-state index is 5.98. The molecule has 0 N–H and O–H groups in total. The fourth-order valence-electron chi connectivity index (χ4n) is 2.64. The lowest BCUT2D eigenvalue weighted by Gasteiger charge is -2.11. The second-order valence-corrected chi connectivity index (χ2v) is 6.55. The predicted molar refractivity (Wildman–Crippen MR) is 100 cm³/mol. The van der Waals surface area contributed by atoms with E-state index in [2.05, 4.69) is 38.3 Å². The van der Waals surface area contributed by atoms with Gasteiger partial charge in [0.25, 0.3) is 5.89 Å². The molecule has 124 valence electrons. The molecule has 0 radical (unpaired) electrons. The zero-order valence-electron chi connectivity index (χ0n) is 13.5. The number of rotatable bonds is 4. The molecule has 0 saturated carbocycles. The van der Waals surface area contributed by atoms with Crippen molar-refractivity contribution in [3.05, 3.63) is 77.1 Å². The lowest BCUT2D eigenvalue weighted by Crippen LogP contribution is -2.03. The maximum atomic E-state index is 5.98. The van der Waals surface area contributed by atoms with Crippen molar-refractivity contribution in [1.82, 2.24) is 10.2 Å². The van der Waals surface area contributed by atoms with E-state index in [9.17, 15) is 0 Å². The summed E-state index contributed by atoms with van der Waals surface area (Å²) in [7, 11) is 0. The quantitative estimate of drug-likeness (QED) is 0.439. The van der Waals surface area contributed by atoms with Gasteiger partial charge in [0.05, 0.1) is 5.56 Å². The molecule has 1 atom stereocenters. The minimum atomic E-state index is -0.343. The summed E-state index contributed by atoms with van der Waals surface area (Å²) in [5.74, 6) is 1.68. The Morgan fingerprint density at radius 2 is 1.68 bits per heavy atom. The van der Waals surface area contributed by atoms with E-state index in [0.717, 1.165) is 21.2 Å². The van der Waals surface area contributed by atoms with E-state index in [4.69, 9.17) is 9.15 Å². The Labute approximate surface area is 153 Å². The Morgan fingerprint density at radius 1 is 0.920 bits per heavy atom. The van der Waals surface area contributed by atoms with Crippen LogP contribution < -0.4 is 4.74 Å². The van der Waals surface area contributed by atoms with Crippen LogP contribution in [0.25, 0.3) is 22.2 Å². The second kappa shape index (κ2) is 6.69. The van der Waals surface area contributed by atoms with E-state index >= 15 is 0 Å². The summed E-state index contributed by atoms with van der Waals surface area (Å²) in [6.07, 6.45) is -0.343. The number of hydrogen-bond acceptors (Lipinski definition) is 4. The zero-order valence-corrected chi connectivity index (χ0v) is 15.1. The van der Waals surface area contributed by atoms with Gasteiger partial charge < -0.3 is 9.15 Å². The summed E-state index contributed by atoms with van der Waals surface area (Å²) in [4.78, 5) is 0. The molecule has 0 amide bonds. The average Bonchev–Trinajstić information content (AvgIpc) is 3.12. The molecule has 0 fully saturated rings. The summed E-state index contributed by atoms with van der Waals surface area (Å²) in [5.41, 5.74) is 0.860. The van der Waals surface area contributed by atoms with Crippen LogP contribution >= 0.6 is 15.9 Å². The highest BCUT2D eigenvalue weighted by molar-refractivity contribution is 9.10. The first kappa shape index (κ1) is 15.8. The van der Waals surface area contributed by atoms with Gasteiger partial charge in [-0.25, -0.2) is 0 Å². The van der Waals surface area contributed by atoms with Gasteiger partial charge in [0.1, 0.15) is 5.75 Å². The van der Waals surface area contributed by atoms with Crippen molar-refractivity contribution in [2.75, 3.05) is 0 Å². The van der Waals surface area contributed by atoms with Crippen LogP contribution in [-0.4, -0.2) is 10.2 Å². The van der Waals surface area contributed by atoms with Crippen LogP contribution in [-0.2, 0) is 0 Å². The Morgan fingerprint density at radius 3 is 2.52 bits per heavy atom. The zero-order chi connectivity index (χ0) is 17.2. The smallest absolute Gasteiger partial charge is 0.257 e. The van der Waals surface area contributed by atoms with Crippen molar-refractivity contribution in [2.45, 2.75) is 13.0 Å². The SMILES string of the molecule is CC(Oc1ccc2ccccc2c1)c1nnc(-c2ccccc2Br)o1. The first-order valence-corrected chi connectivity index (χ1v) is 8.74. The van der Waals surface area contributed by atoms with E-state index in [1.54, 1.807) is 0 Å². The average molecular weight is 395 g/mol. The predicted octanol–water partition coefficient (Wildman–Crippen LogP) is 5.79. The minimum Gasteiger partial charge on any atom is -0.481 e. The monoisotopic (exact) mass is 394 g/mol. The standard InChI is InChI=1S/C20H15BrN2O2/c1-13(24-16-11-10-14-6-2-3-7-15(14)12-16)19-22-23-20(25-19)17-8-4-5-9-18(17)21/h2-13H,1H3. The van der Waals surface area contributed by atoms with Crippen molar-refractivity contribution in [1.29, 1.82) is 0 Å². The van der Waals surface area contributed by atoms with Crippen LogP contribution in [0.1, 0.15) is 18.9 Å². The van der Waals surface area contributed by atoms with Gasteiger partial charge in [0, 0.05) is 4.47 Å². The Bertz CT molecular complexity index is 1030. The van der Waals surface area contributed by atoms with E-state index in [1.807, 2.05) is 61.5 Å². The van der Waals surface area contributed by atoms with Gasteiger partial charge in [0.15, 0.2) is 6.10 Å². The maximum Gasteiger partial charge on any atom is 0.257 e. The van der Waals surface area contributed by atoms with Crippen LogP contribution in [0.5, 0.6) is 5.75 Å². The van der Waals surface area contributed by atoms with Gasteiger partial charge in [0.2, 0.25) is 5.89 Å². The molecule has 4 nitrogen and oxygen atoms in total. The number of fused-ring (bicyclic) bond motifs is 1. The summed E-state index contributed by atoms with van der Waals surface area (Å²) < 4.78 is 12.7. The van der Waals surface area contributed by atoms with E-state index in [0.29, 0.717) is 11.8 Å². The normalized spacial score (nSPS) is 12.2. The minimum absolute atomic E-state index is 0.343. The van der Waals surface area contributed by atoms with Crippen LogP contribution in [0, 0.1) is 0 Å². The summed E-state index contributed by atoms with van der Waals surface area (Å²) in [5, 5.41) is 10.6. The molecule has 0 bridgehead atoms. The van der Waals surface area contributed by atoms with Gasteiger partial charge in [-0.15, -0.1) is 10.2 Å². The van der Waals surface area contributed by atoms with Crippen LogP contribution in [0.3, 0.4) is 0 Å². The molecule has 5 heteroatoms. The fourth-order valence-corrected chi connectivity index (χ4v) is 3.09. The molecule has 3 aromatic carbocycles. The van der Waals surface area contributed by atoms with Crippen molar-refractivity contribution >= 4 is 26.7 Å². The number of hydrogen-bond donors (Lipinski definition) is 0. The highest BCUT2D eigenvalue weighted by atomic mass is 79.9. The molecule has 4 rings (SSSR count). The van der Waals surface area contributed by atoms with E-state index in [-0.39, 0.29) is 6.10 Å². The number of aromatic nitrogens is 2. The van der Waals surface area contributed by atoms with Crippen LogP contribution in [0.2, 0.25) is 0 Å². The summed E-state index contributed by atoms with van der Waals surface area (Å²) >= 11 is 3.50. The van der Waals surface area contributed by atoms with Gasteiger partial charge in [-0.1, -0.05) is 42.5 Å². The first-order chi connectivity index (χ1) is 12.2. The topological polar surface area (TPSA) is 48.2 Å². The van der Waals surface area contributed by atoms with Gasteiger partial charge in [-0.2, -0.15) is 0 Å². The van der Waals surface area contributed by atoms with Gasteiger partial charge in [-0.05, 0) is 57.9 Å². The van der Waals surface area contributed by atoms with Crippen molar-refractivity contribution < 1.29 is 9.15 Å². The molecule has 25 heavy (non-hydrogen) atoms. The molecule has 1 unspecified atom stereocenters. The van der Waals surface area contributed by atoms with Gasteiger partial charge in [-0.3, -0.25) is 0 Å². The number of nitrogens with zero attached hydrogens (tertiary/aromatic N) is 2. The Kier molecular flexibility index (Phi) is 4.24. The molecule has 1 aromatic heterocycles. The molecular weight excluding hydrogens is 380 g/mol. The Balaban J connectivity index is 1.56.